The van der Waals surface area contributed by atoms with Crippen LogP contribution in [0.25, 0.3) is 10.5 Å². The summed E-state index contributed by atoms with van der Waals surface area (Å²) >= 11 is 2.50. The van der Waals surface area contributed by atoms with Crippen LogP contribution in [-0.4, -0.2) is 10.7 Å². The highest BCUT2D eigenvalue weighted by molar-refractivity contribution is 8.12. The normalized spacial score (nSPS) is 12.4. The van der Waals surface area contributed by atoms with Crippen molar-refractivity contribution in [2.45, 2.75) is 60.3 Å². The number of hydrogen-bond donors (Lipinski definition) is 0. The van der Waals surface area contributed by atoms with Crippen molar-refractivity contribution in [3.8, 4) is 0 Å². The number of thiophene rings is 1. The highest BCUT2D eigenvalue weighted by Gasteiger charge is 2.16. The van der Waals surface area contributed by atoms with Crippen LogP contribution in [0.3, 0.4) is 0 Å². The lowest BCUT2D eigenvalue weighted by Crippen LogP contribution is -2.10. The molecule has 0 fully saturated rings. The molecule has 4 nitrogen and oxygen atoms in total. The summed E-state index contributed by atoms with van der Waals surface area (Å²) in [5.74, 6) is -1.70. The first-order valence-corrected chi connectivity index (χ1v) is 13.8. The number of ketones is 1. The van der Waals surface area contributed by atoms with Crippen molar-refractivity contribution in [3.63, 3.8) is 0 Å². The summed E-state index contributed by atoms with van der Waals surface area (Å²) in [5.41, 5.74) is 4.17. The van der Waals surface area contributed by atoms with E-state index < -0.39 is 16.6 Å². The number of nitro groups is 1. The smallest absolute Gasteiger partial charge is 0.293 e. The molecule has 1 heterocycles. The SMILES string of the molecule is C/C=C(/C)S/C(=C(\C)c1ccc(C(C)(C)C)cc1)c1ccc(F)c(F)c1.CCC(=O)c1ccc([N+](=O)[O-])s1. The van der Waals surface area contributed by atoms with E-state index in [4.69, 9.17) is 0 Å². The van der Waals surface area contributed by atoms with Crippen LogP contribution in [-0.2, 0) is 5.41 Å². The summed E-state index contributed by atoms with van der Waals surface area (Å²) in [6, 6.07) is 15.4. The van der Waals surface area contributed by atoms with E-state index >= 15 is 0 Å². The Morgan fingerprint density at radius 3 is 2.08 bits per heavy atom. The zero-order valence-corrected chi connectivity index (χ0v) is 24.4. The number of hydrogen-bond acceptors (Lipinski definition) is 5. The molecule has 38 heavy (non-hydrogen) atoms. The topological polar surface area (TPSA) is 60.2 Å². The Labute approximate surface area is 231 Å². The number of allylic oxidation sites excluding steroid dienone is 3. The van der Waals surface area contributed by atoms with Crippen LogP contribution in [0.15, 0.2) is 65.6 Å². The Hall–Kier alpha value is -3.10. The van der Waals surface area contributed by atoms with Gasteiger partial charge < -0.3 is 0 Å². The second-order valence-corrected chi connectivity index (χ2v) is 11.9. The maximum absolute atomic E-state index is 13.8. The molecule has 0 unspecified atom stereocenters. The van der Waals surface area contributed by atoms with E-state index in [1.165, 1.54) is 29.8 Å². The Kier molecular flexibility index (Phi) is 11.2. The van der Waals surface area contributed by atoms with Gasteiger partial charge in [0.2, 0.25) is 0 Å². The maximum Gasteiger partial charge on any atom is 0.324 e. The van der Waals surface area contributed by atoms with Gasteiger partial charge >= 0.3 is 5.00 Å². The standard InChI is InChI=1S/C23H26F2S.C7H7NO3S/c1-7-15(2)26-22(18-10-13-20(24)21(25)14-18)16(3)17-8-11-19(12-9-17)23(4,5)6;1-2-5(9)6-3-4-7(12-6)8(10)11/h7-14H,1-6H3;3-4H,2H2,1H3/b15-7-,22-16+;. The number of thioether (sulfide) groups is 1. The third-order valence-corrected chi connectivity index (χ3v) is 8.13. The fraction of sp³-hybridized carbons (Fsp3) is 0.300. The minimum Gasteiger partial charge on any atom is -0.293 e. The van der Waals surface area contributed by atoms with Crippen molar-refractivity contribution in [1.29, 1.82) is 0 Å². The highest BCUT2D eigenvalue weighted by Crippen LogP contribution is 2.40. The monoisotopic (exact) mass is 557 g/mol. The molecule has 0 atom stereocenters. The van der Waals surface area contributed by atoms with Gasteiger partial charge in [0.1, 0.15) is 0 Å². The van der Waals surface area contributed by atoms with E-state index in [9.17, 15) is 23.7 Å². The summed E-state index contributed by atoms with van der Waals surface area (Å²) in [4.78, 5) is 23.3. The number of carbonyl (C=O) groups is 1. The lowest BCUT2D eigenvalue weighted by Gasteiger charge is -2.20. The Morgan fingerprint density at radius 2 is 1.61 bits per heavy atom. The van der Waals surface area contributed by atoms with Crippen molar-refractivity contribution < 1.29 is 18.5 Å². The third kappa shape index (κ3) is 8.46. The first kappa shape index (κ1) is 31.1. The number of halogens is 2. The van der Waals surface area contributed by atoms with Crippen LogP contribution in [0.1, 0.15) is 81.2 Å². The number of Topliss-reactive ketones (excluding diaryl/α,β-unsaturated/α-hetero) is 1. The molecule has 0 amide bonds. The van der Waals surface area contributed by atoms with Gasteiger partial charge in [-0.05, 0) is 71.6 Å². The van der Waals surface area contributed by atoms with Crippen molar-refractivity contribution >= 4 is 44.4 Å². The van der Waals surface area contributed by atoms with Gasteiger partial charge in [-0.3, -0.25) is 14.9 Å². The van der Waals surface area contributed by atoms with Gasteiger partial charge in [-0.2, -0.15) is 0 Å². The van der Waals surface area contributed by atoms with Crippen LogP contribution >= 0.6 is 23.1 Å². The molecule has 202 valence electrons. The van der Waals surface area contributed by atoms with E-state index in [0.29, 0.717) is 16.9 Å². The first-order valence-electron chi connectivity index (χ1n) is 12.1. The molecule has 2 aromatic carbocycles. The van der Waals surface area contributed by atoms with Crippen LogP contribution < -0.4 is 0 Å². The first-order chi connectivity index (χ1) is 17.8. The average Bonchev–Trinajstić information content (AvgIpc) is 3.39. The minimum atomic E-state index is -0.826. The number of carbonyl (C=O) groups excluding carboxylic acids is 1. The van der Waals surface area contributed by atoms with Gasteiger partial charge in [0.25, 0.3) is 0 Å². The molecule has 3 aromatic rings. The molecule has 0 aliphatic carbocycles. The van der Waals surface area contributed by atoms with Crippen molar-refractivity contribution in [2.24, 2.45) is 0 Å². The molecule has 3 rings (SSSR count). The zero-order valence-electron chi connectivity index (χ0n) is 22.7. The second kappa shape index (κ2) is 13.6. The lowest BCUT2D eigenvalue weighted by atomic mass is 9.86. The minimum absolute atomic E-state index is 0.0202. The number of benzene rings is 2. The Bertz CT molecular complexity index is 1350. The Morgan fingerprint density at radius 1 is 1.00 bits per heavy atom. The van der Waals surface area contributed by atoms with Gasteiger partial charge in [-0.15, -0.1) is 0 Å². The van der Waals surface area contributed by atoms with Crippen LogP contribution in [0.5, 0.6) is 0 Å². The fourth-order valence-corrected chi connectivity index (χ4v) is 5.10. The molecule has 0 bridgehead atoms. The molecule has 0 aliphatic heterocycles. The predicted molar refractivity (Wildman–Crippen MR) is 157 cm³/mol. The molecule has 0 saturated carbocycles. The van der Waals surface area contributed by atoms with Crippen LogP contribution in [0.4, 0.5) is 13.8 Å². The molecule has 0 aliphatic rings. The van der Waals surface area contributed by atoms with Gasteiger partial charge in [-0.25, -0.2) is 8.78 Å². The van der Waals surface area contributed by atoms with Crippen LogP contribution in [0.2, 0.25) is 0 Å². The van der Waals surface area contributed by atoms with E-state index in [1.807, 2.05) is 26.8 Å². The maximum atomic E-state index is 13.8. The molecule has 0 spiro atoms. The largest absolute Gasteiger partial charge is 0.324 e. The molecular weight excluding hydrogens is 524 g/mol. The molecule has 0 radical (unpaired) electrons. The zero-order chi connectivity index (χ0) is 28.6. The van der Waals surface area contributed by atoms with E-state index in [2.05, 4.69) is 45.0 Å². The summed E-state index contributed by atoms with van der Waals surface area (Å²) in [6.07, 6.45) is 2.40. The molecule has 0 saturated heterocycles. The van der Waals surface area contributed by atoms with Gasteiger partial charge in [0, 0.05) is 17.4 Å². The lowest BCUT2D eigenvalue weighted by molar-refractivity contribution is -0.380. The highest BCUT2D eigenvalue weighted by atomic mass is 32.2. The predicted octanol–water partition coefficient (Wildman–Crippen LogP) is 10.1. The summed E-state index contributed by atoms with van der Waals surface area (Å²) < 4.78 is 27.1. The van der Waals surface area contributed by atoms with Gasteiger partial charge in [-0.1, -0.05) is 87.2 Å². The van der Waals surface area contributed by atoms with E-state index in [1.54, 1.807) is 24.8 Å². The van der Waals surface area contributed by atoms with E-state index in [-0.39, 0.29) is 16.2 Å². The van der Waals surface area contributed by atoms with Gasteiger partial charge in [0.05, 0.1) is 9.80 Å². The quantitative estimate of drug-likeness (QED) is 0.125. The van der Waals surface area contributed by atoms with E-state index in [0.717, 1.165) is 32.3 Å². The molecule has 8 heteroatoms. The van der Waals surface area contributed by atoms with Crippen LogP contribution in [0, 0.1) is 21.7 Å². The van der Waals surface area contributed by atoms with Crippen molar-refractivity contribution in [2.75, 3.05) is 0 Å². The third-order valence-electron chi connectivity index (χ3n) is 5.74. The molecule has 1 aromatic heterocycles. The number of rotatable bonds is 7. The Balaban J connectivity index is 0.000000352. The summed E-state index contributed by atoms with van der Waals surface area (Å²) in [5, 5.41) is 10.3. The van der Waals surface area contributed by atoms with Crippen molar-refractivity contribution in [1.82, 2.24) is 0 Å². The second-order valence-electron chi connectivity index (χ2n) is 9.58. The fourth-order valence-electron chi connectivity index (χ4n) is 3.31. The average molecular weight is 558 g/mol. The number of nitrogens with zero attached hydrogens (tertiary/aromatic N) is 1. The molecular formula is C30H33F2NO3S2. The summed E-state index contributed by atoms with van der Waals surface area (Å²) in [6.45, 7) is 14.3. The molecule has 0 N–H and O–H groups in total. The van der Waals surface area contributed by atoms with Gasteiger partial charge in [0.15, 0.2) is 17.4 Å². The summed E-state index contributed by atoms with van der Waals surface area (Å²) in [7, 11) is 0. The van der Waals surface area contributed by atoms with Crippen molar-refractivity contribution in [3.05, 3.63) is 109 Å².